The van der Waals surface area contributed by atoms with Gasteiger partial charge in [0, 0.05) is 24.9 Å². The Hall–Kier alpha value is -2.61. The van der Waals surface area contributed by atoms with E-state index >= 15 is 0 Å². The Balaban J connectivity index is 1.40. The predicted octanol–water partition coefficient (Wildman–Crippen LogP) is 2.43. The van der Waals surface area contributed by atoms with Gasteiger partial charge in [0.05, 0.1) is 6.54 Å². The topological polar surface area (TPSA) is 108 Å². The molecule has 1 aliphatic rings. The van der Waals surface area contributed by atoms with Gasteiger partial charge in [-0.2, -0.15) is 0 Å². The number of benzene rings is 1. The number of carbonyl (C=O) groups excluding carboxylic acids is 2. The molecule has 0 saturated carbocycles. The Labute approximate surface area is 151 Å². The van der Waals surface area contributed by atoms with Crippen LogP contribution in [0.2, 0.25) is 0 Å². The number of rotatable bonds is 6. The van der Waals surface area contributed by atoms with Crippen LogP contribution in [0.25, 0.3) is 11.0 Å². The molecule has 0 bridgehead atoms. The van der Waals surface area contributed by atoms with Gasteiger partial charge in [-0.05, 0) is 43.7 Å². The average molecular weight is 360 g/mol. The number of urea groups is 1. The average Bonchev–Trinajstić information content (AvgIpc) is 3.09. The van der Waals surface area contributed by atoms with E-state index in [0.717, 1.165) is 36.8 Å². The van der Waals surface area contributed by atoms with Crippen LogP contribution in [-0.2, 0) is 11.3 Å². The second-order valence-electron chi connectivity index (χ2n) is 6.64. The van der Waals surface area contributed by atoms with Gasteiger partial charge in [-0.3, -0.25) is 10.0 Å². The molecule has 8 nitrogen and oxygen atoms in total. The van der Waals surface area contributed by atoms with Crippen LogP contribution in [0.1, 0.15) is 37.8 Å². The molecule has 0 unspecified atom stereocenters. The van der Waals surface area contributed by atoms with Gasteiger partial charge in [-0.1, -0.05) is 17.3 Å². The van der Waals surface area contributed by atoms with Crippen molar-refractivity contribution in [3.63, 3.8) is 0 Å². The number of hydrogen-bond acceptors (Lipinski definition) is 5. The SMILES string of the molecule is O=C(CCCC1CCN(C(=O)NCc2noc3ccccc23)CC1)NO. The van der Waals surface area contributed by atoms with Crippen LogP contribution in [0.5, 0.6) is 0 Å². The molecule has 1 saturated heterocycles. The third kappa shape index (κ3) is 4.51. The second-order valence-corrected chi connectivity index (χ2v) is 6.64. The molecule has 1 aromatic carbocycles. The van der Waals surface area contributed by atoms with Crippen molar-refractivity contribution in [1.82, 2.24) is 20.9 Å². The number of hydroxylamine groups is 1. The summed E-state index contributed by atoms with van der Waals surface area (Å²) in [6, 6.07) is 7.49. The minimum absolute atomic E-state index is 0.0878. The van der Waals surface area contributed by atoms with E-state index in [-0.39, 0.29) is 11.9 Å². The summed E-state index contributed by atoms with van der Waals surface area (Å²) in [5.74, 6) is 0.173. The van der Waals surface area contributed by atoms with Crippen LogP contribution in [0.4, 0.5) is 4.79 Å². The molecular weight excluding hydrogens is 336 g/mol. The van der Waals surface area contributed by atoms with Gasteiger partial charge < -0.3 is 14.7 Å². The Bertz CT molecular complexity index is 752. The zero-order valence-corrected chi connectivity index (χ0v) is 14.6. The van der Waals surface area contributed by atoms with Crippen molar-refractivity contribution < 1.29 is 19.3 Å². The van der Waals surface area contributed by atoms with E-state index in [1.807, 2.05) is 29.2 Å². The first-order valence-corrected chi connectivity index (χ1v) is 8.96. The van der Waals surface area contributed by atoms with Gasteiger partial charge in [-0.15, -0.1) is 0 Å². The van der Waals surface area contributed by atoms with Crippen molar-refractivity contribution >= 4 is 22.9 Å². The number of para-hydroxylation sites is 1. The van der Waals surface area contributed by atoms with Gasteiger partial charge in [0.1, 0.15) is 5.69 Å². The van der Waals surface area contributed by atoms with Gasteiger partial charge in [0.15, 0.2) is 5.58 Å². The van der Waals surface area contributed by atoms with Crippen LogP contribution in [0.3, 0.4) is 0 Å². The zero-order valence-electron chi connectivity index (χ0n) is 14.6. The molecule has 0 aliphatic carbocycles. The van der Waals surface area contributed by atoms with Crippen molar-refractivity contribution in [1.29, 1.82) is 0 Å². The van der Waals surface area contributed by atoms with Crippen LogP contribution >= 0.6 is 0 Å². The quantitative estimate of drug-likeness (QED) is 0.542. The molecule has 140 valence electrons. The molecule has 26 heavy (non-hydrogen) atoms. The normalized spacial score (nSPS) is 15.2. The summed E-state index contributed by atoms with van der Waals surface area (Å²) in [7, 11) is 0. The molecule has 1 aromatic heterocycles. The summed E-state index contributed by atoms with van der Waals surface area (Å²) >= 11 is 0. The molecule has 8 heteroatoms. The van der Waals surface area contributed by atoms with Crippen molar-refractivity contribution in [2.75, 3.05) is 13.1 Å². The molecule has 1 fully saturated rings. The number of fused-ring (bicyclic) bond motifs is 1. The molecule has 2 aromatic rings. The van der Waals surface area contributed by atoms with Crippen molar-refractivity contribution in [3.8, 4) is 0 Å². The Kier molecular flexibility index (Phi) is 6.06. The first-order chi connectivity index (χ1) is 12.7. The minimum atomic E-state index is -0.345. The van der Waals surface area contributed by atoms with E-state index in [0.29, 0.717) is 37.6 Å². The molecule has 1 aliphatic heterocycles. The highest BCUT2D eigenvalue weighted by Gasteiger charge is 2.23. The fourth-order valence-corrected chi connectivity index (χ4v) is 3.37. The van der Waals surface area contributed by atoms with Gasteiger partial charge in [-0.25, -0.2) is 10.3 Å². The number of piperidine rings is 1. The third-order valence-corrected chi connectivity index (χ3v) is 4.90. The second kappa shape index (κ2) is 8.66. The standard InChI is InChI=1S/C18H24N4O4/c23-17(20-25)7-3-4-13-8-10-22(11-9-13)18(24)19-12-15-14-5-1-2-6-16(14)26-21-15/h1-2,5-6,13,25H,3-4,7-12H2,(H,19,24)(H,20,23). The lowest BCUT2D eigenvalue weighted by Gasteiger charge is -2.32. The Morgan fingerprint density at radius 3 is 2.81 bits per heavy atom. The number of hydrogen-bond donors (Lipinski definition) is 3. The smallest absolute Gasteiger partial charge is 0.317 e. The first kappa shape index (κ1) is 18.2. The van der Waals surface area contributed by atoms with Crippen molar-refractivity contribution in [3.05, 3.63) is 30.0 Å². The summed E-state index contributed by atoms with van der Waals surface area (Å²) in [4.78, 5) is 25.2. The maximum atomic E-state index is 12.4. The summed E-state index contributed by atoms with van der Waals surface area (Å²) in [5, 5.41) is 16.3. The van der Waals surface area contributed by atoms with E-state index in [1.165, 1.54) is 0 Å². The molecule has 0 spiro atoms. The number of amides is 3. The maximum absolute atomic E-state index is 12.4. The molecule has 3 rings (SSSR count). The number of aromatic nitrogens is 1. The maximum Gasteiger partial charge on any atom is 0.317 e. The largest absolute Gasteiger partial charge is 0.356 e. The number of nitrogens with zero attached hydrogens (tertiary/aromatic N) is 2. The fourth-order valence-electron chi connectivity index (χ4n) is 3.37. The summed E-state index contributed by atoms with van der Waals surface area (Å²) in [6.07, 6.45) is 3.89. The lowest BCUT2D eigenvalue weighted by Crippen LogP contribution is -2.44. The zero-order chi connectivity index (χ0) is 18.4. The molecule has 3 N–H and O–H groups in total. The van der Waals surface area contributed by atoms with Crippen LogP contribution in [0, 0.1) is 5.92 Å². The molecule has 3 amide bonds. The highest BCUT2D eigenvalue weighted by molar-refractivity contribution is 5.80. The molecule has 0 radical (unpaired) electrons. The van der Waals surface area contributed by atoms with E-state index in [1.54, 1.807) is 5.48 Å². The fraction of sp³-hybridized carbons (Fsp3) is 0.500. The van der Waals surface area contributed by atoms with E-state index in [2.05, 4.69) is 10.5 Å². The highest BCUT2D eigenvalue weighted by atomic mass is 16.5. The molecule has 0 atom stereocenters. The van der Waals surface area contributed by atoms with Crippen LogP contribution in [0.15, 0.2) is 28.8 Å². The minimum Gasteiger partial charge on any atom is -0.356 e. The van der Waals surface area contributed by atoms with Crippen molar-refractivity contribution in [2.45, 2.75) is 38.6 Å². The monoisotopic (exact) mass is 360 g/mol. The summed E-state index contributed by atoms with van der Waals surface area (Å²) in [5.41, 5.74) is 3.09. The summed E-state index contributed by atoms with van der Waals surface area (Å²) < 4.78 is 5.24. The number of likely N-dealkylation sites (tertiary alicyclic amines) is 1. The van der Waals surface area contributed by atoms with E-state index < -0.39 is 0 Å². The number of carbonyl (C=O) groups is 2. The molecule has 2 heterocycles. The lowest BCUT2D eigenvalue weighted by atomic mass is 9.91. The third-order valence-electron chi connectivity index (χ3n) is 4.90. The number of nitrogens with one attached hydrogen (secondary N) is 2. The van der Waals surface area contributed by atoms with Crippen LogP contribution in [-0.4, -0.2) is 40.3 Å². The lowest BCUT2D eigenvalue weighted by molar-refractivity contribution is -0.129. The van der Waals surface area contributed by atoms with Gasteiger partial charge >= 0.3 is 6.03 Å². The van der Waals surface area contributed by atoms with E-state index in [4.69, 9.17) is 9.73 Å². The summed E-state index contributed by atoms with van der Waals surface area (Å²) in [6.45, 7) is 1.76. The van der Waals surface area contributed by atoms with Crippen molar-refractivity contribution in [2.24, 2.45) is 5.92 Å². The van der Waals surface area contributed by atoms with E-state index in [9.17, 15) is 9.59 Å². The Morgan fingerprint density at radius 1 is 1.27 bits per heavy atom. The molecular formula is C18H24N4O4. The first-order valence-electron chi connectivity index (χ1n) is 8.96. The van der Waals surface area contributed by atoms with Gasteiger partial charge in [0.2, 0.25) is 5.91 Å². The Morgan fingerprint density at radius 2 is 2.04 bits per heavy atom. The van der Waals surface area contributed by atoms with Crippen LogP contribution < -0.4 is 10.8 Å². The van der Waals surface area contributed by atoms with Gasteiger partial charge in [0.25, 0.3) is 0 Å². The highest BCUT2D eigenvalue weighted by Crippen LogP contribution is 2.23. The predicted molar refractivity (Wildman–Crippen MR) is 94.3 cm³/mol.